The summed E-state index contributed by atoms with van der Waals surface area (Å²) in [4.78, 5) is 0. The zero-order valence-electron chi connectivity index (χ0n) is 8.73. The van der Waals surface area contributed by atoms with Crippen LogP contribution in [-0.4, -0.2) is 8.42 Å². The van der Waals surface area contributed by atoms with Crippen LogP contribution in [0.15, 0.2) is 30.3 Å². The molecule has 0 aromatic heterocycles. The van der Waals surface area contributed by atoms with Gasteiger partial charge in [-0.3, -0.25) is 0 Å². The summed E-state index contributed by atoms with van der Waals surface area (Å²) in [6.45, 7) is 5.82. The molecule has 78 valence electrons. The van der Waals surface area contributed by atoms with Crippen LogP contribution in [0.3, 0.4) is 0 Å². The van der Waals surface area contributed by atoms with Gasteiger partial charge in [-0.2, -0.15) is 0 Å². The second kappa shape index (κ2) is 4.13. The van der Waals surface area contributed by atoms with Crippen LogP contribution < -0.4 is 0 Å². The summed E-state index contributed by atoms with van der Waals surface area (Å²) in [7, 11) is -2.43. The average Bonchev–Trinajstić information content (AvgIpc) is 2.02. The van der Waals surface area contributed by atoms with Crippen molar-refractivity contribution < 1.29 is 8.42 Å². The molecular formula is C11H16O2S. The number of benzene rings is 1. The van der Waals surface area contributed by atoms with E-state index in [1.54, 1.807) is 0 Å². The zero-order chi connectivity index (χ0) is 10.8. The van der Waals surface area contributed by atoms with Gasteiger partial charge in [-0.1, -0.05) is 51.1 Å². The molecule has 0 amide bonds. The summed E-state index contributed by atoms with van der Waals surface area (Å²) in [5, 5.41) is -0.404. The van der Waals surface area contributed by atoms with Gasteiger partial charge in [-0.25, -0.2) is 8.42 Å². The van der Waals surface area contributed by atoms with Gasteiger partial charge < -0.3 is 0 Å². The molecule has 1 unspecified atom stereocenters. The van der Waals surface area contributed by atoms with E-state index in [2.05, 4.69) is 0 Å². The van der Waals surface area contributed by atoms with E-state index in [0.29, 0.717) is 0 Å². The molecule has 0 fully saturated rings. The minimum Gasteiger partial charge on any atom is -0.231 e. The van der Waals surface area contributed by atoms with Crippen LogP contribution >= 0.6 is 0 Å². The van der Waals surface area contributed by atoms with E-state index in [9.17, 15) is 8.42 Å². The summed E-state index contributed by atoms with van der Waals surface area (Å²) in [6.07, 6.45) is 0. The van der Waals surface area contributed by atoms with Crippen LogP contribution in [0.5, 0.6) is 0 Å². The molecule has 0 bridgehead atoms. The largest absolute Gasteiger partial charge is 0.231 e. The first-order valence-corrected chi connectivity index (χ1v) is 5.86. The fourth-order valence-electron chi connectivity index (χ4n) is 1.57. The Morgan fingerprint density at radius 1 is 1.07 bits per heavy atom. The lowest BCUT2D eigenvalue weighted by molar-refractivity contribution is 0.388. The van der Waals surface area contributed by atoms with Crippen molar-refractivity contribution in [2.45, 2.75) is 26.0 Å². The standard InChI is InChI=1S/C11H16O2S/c1-11(2,3)10(14(12)13)9-7-5-4-6-8-9/h4-8,10,14H,1-3H3. The van der Waals surface area contributed by atoms with E-state index in [0.717, 1.165) is 5.56 Å². The first-order valence-electron chi connectivity index (χ1n) is 4.61. The molecule has 14 heavy (non-hydrogen) atoms. The van der Waals surface area contributed by atoms with Crippen LogP contribution in [0.2, 0.25) is 0 Å². The summed E-state index contributed by atoms with van der Waals surface area (Å²) in [5.74, 6) is 0. The quantitative estimate of drug-likeness (QED) is 0.764. The minimum absolute atomic E-state index is 0.253. The Labute approximate surface area is 86.9 Å². The third-order valence-electron chi connectivity index (χ3n) is 2.15. The molecule has 0 spiro atoms. The SMILES string of the molecule is CC(C)(C)C(c1ccccc1)[SH](=O)=O. The van der Waals surface area contributed by atoms with E-state index >= 15 is 0 Å². The first kappa shape index (κ1) is 11.2. The van der Waals surface area contributed by atoms with Crippen molar-refractivity contribution in [3.63, 3.8) is 0 Å². The Kier molecular flexibility index (Phi) is 3.32. The van der Waals surface area contributed by atoms with E-state index in [4.69, 9.17) is 0 Å². The lowest BCUT2D eigenvalue weighted by atomic mass is 9.87. The second-order valence-electron chi connectivity index (χ2n) is 4.46. The maximum Gasteiger partial charge on any atom is 0.147 e. The van der Waals surface area contributed by atoms with Crippen molar-refractivity contribution in [3.05, 3.63) is 35.9 Å². The minimum atomic E-state index is -2.43. The fourth-order valence-corrected chi connectivity index (χ4v) is 2.62. The monoisotopic (exact) mass is 212 g/mol. The highest BCUT2D eigenvalue weighted by atomic mass is 32.2. The molecule has 0 aliphatic heterocycles. The van der Waals surface area contributed by atoms with Crippen molar-refractivity contribution >= 4 is 10.7 Å². The maximum absolute atomic E-state index is 11.2. The van der Waals surface area contributed by atoms with Crippen molar-refractivity contribution in [1.29, 1.82) is 0 Å². The van der Waals surface area contributed by atoms with Gasteiger partial charge >= 0.3 is 0 Å². The highest BCUT2D eigenvalue weighted by molar-refractivity contribution is 7.72. The fraction of sp³-hybridized carbons (Fsp3) is 0.455. The average molecular weight is 212 g/mol. The molecule has 1 aromatic rings. The van der Waals surface area contributed by atoms with Crippen LogP contribution in [-0.2, 0) is 10.7 Å². The zero-order valence-corrected chi connectivity index (χ0v) is 9.62. The summed E-state index contributed by atoms with van der Waals surface area (Å²) >= 11 is 0. The van der Waals surface area contributed by atoms with Crippen molar-refractivity contribution in [2.24, 2.45) is 5.41 Å². The summed E-state index contributed by atoms with van der Waals surface area (Å²) in [6, 6.07) is 9.35. The van der Waals surface area contributed by atoms with Crippen molar-refractivity contribution in [3.8, 4) is 0 Å². The number of hydrogen-bond donors (Lipinski definition) is 1. The molecule has 2 nitrogen and oxygen atoms in total. The first-order chi connectivity index (χ1) is 6.43. The van der Waals surface area contributed by atoms with Gasteiger partial charge in [0, 0.05) is 0 Å². The van der Waals surface area contributed by atoms with Crippen LogP contribution in [0.1, 0.15) is 31.6 Å². The molecule has 0 saturated carbocycles. The molecule has 0 aliphatic carbocycles. The van der Waals surface area contributed by atoms with E-state index in [1.807, 2.05) is 51.1 Å². The molecule has 3 heteroatoms. The molecule has 0 N–H and O–H groups in total. The second-order valence-corrected chi connectivity index (χ2v) is 5.55. The lowest BCUT2D eigenvalue weighted by Crippen LogP contribution is -2.19. The van der Waals surface area contributed by atoms with E-state index in [-0.39, 0.29) is 5.41 Å². The predicted octanol–water partition coefficient (Wildman–Crippen LogP) is 2.39. The predicted molar refractivity (Wildman–Crippen MR) is 59.0 cm³/mol. The van der Waals surface area contributed by atoms with Gasteiger partial charge in [0.2, 0.25) is 0 Å². The molecule has 1 atom stereocenters. The Hall–Kier alpha value is -0.830. The Morgan fingerprint density at radius 2 is 1.57 bits per heavy atom. The van der Waals surface area contributed by atoms with Crippen LogP contribution in [0.25, 0.3) is 0 Å². The molecule has 1 aromatic carbocycles. The molecular weight excluding hydrogens is 196 g/mol. The highest BCUT2D eigenvalue weighted by Gasteiger charge is 2.28. The molecule has 1 rings (SSSR count). The van der Waals surface area contributed by atoms with E-state index < -0.39 is 16.0 Å². The molecule has 0 aliphatic rings. The number of rotatable bonds is 2. The van der Waals surface area contributed by atoms with E-state index in [1.165, 1.54) is 0 Å². The van der Waals surface area contributed by atoms with Gasteiger partial charge in [0.15, 0.2) is 0 Å². The summed E-state index contributed by atoms with van der Waals surface area (Å²) < 4.78 is 22.4. The normalized spacial score (nSPS) is 14.3. The third kappa shape index (κ3) is 2.58. The molecule has 0 radical (unpaired) electrons. The van der Waals surface area contributed by atoms with Gasteiger partial charge in [0.1, 0.15) is 10.7 Å². The Bertz CT molecular complexity index is 353. The Morgan fingerprint density at radius 3 is 1.93 bits per heavy atom. The summed E-state index contributed by atoms with van der Waals surface area (Å²) in [5.41, 5.74) is 0.618. The van der Waals surface area contributed by atoms with Gasteiger partial charge in [-0.15, -0.1) is 0 Å². The Balaban J connectivity index is 3.15. The van der Waals surface area contributed by atoms with Gasteiger partial charge in [0.05, 0.1) is 5.25 Å². The molecule has 0 saturated heterocycles. The number of thiol groups is 1. The molecule has 0 heterocycles. The third-order valence-corrected chi connectivity index (χ3v) is 3.64. The van der Waals surface area contributed by atoms with Crippen LogP contribution in [0, 0.1) is 5.41 Å². The maximum atomic E-state index is 11.2. The number of hydrogen-bond acceptors (Lipinski definition) is 2. The van der Waals surface area contributed by atoms with Crippen molar-refractivity contribution in [2.75, 3.05) is 0 Å². The van der Waals surface area contributed by atoms with Crippen LogP contribution in [0.4, 0.5) is 0 Å². The highest BCUT2D eigenvalue weighted by Crippen LogP contribution is 2.35. The topological polar surface area (TPSA) is 34.1 Å². The van der Waals surface area contributed by atoms with Gasteiger partial charge in [-0.05, 0) is 11.0 Å². The lowest BCUT2D eigenvalue weighted by Gasteiger charge is -2.25. The van der Waals surface area contributed by atoms with Crippen molar-refractivity contribution in [1.82, 2.24) is 0 Å². The smallest absolute Gasteiger partial charge is 0.147 e. The van der Waals surface area contributed by atoms with Gasteiger partial charge in [0.25, 0.3) is 0 Å².